The number of nitrogens with zero attached hydrogens (tertiary/aromatic N) is 1. The molecule has 1 heterocycles. The summed E-state index contributed by atoms with van der Waals surface area (Å²) in [4.78, 5) is 4.30. The Labute approximate surface area is 76.9 Å². The molecule has 1 aromatic carbocycles. The van der Waals surface area contributed by atoms with E-state index in [2.05, 4.69) is 18.0 Å². The van der Waals surface area contributed by atoms with Gasteiger partial charge >= 0.3 is 0 Å². The summed E-state index contributed by atoms with van der Waals surface area (Å²) < 4.78 is 0. The molecule has 2 rings (SSSR count). The molecule has 1 aromatic heterocycles. The number of aromatic nitrogens is 1. The third-order valence-electron chi connectivity index (χ3n) is 2.17. The van der Waals surface area contributed by atoms with E-state index in [0.717, 1.165) is 16.6 Å². The van der Waals surface area contributed by atoms with Crippen LogP contribution in [0, 0.1) is 6.92 Å². The molecule has 0 saturated carbocycles. The Morgan fingerprint density at radius 1 is 1.23 bits per heavy atom. The molecule has 0 radical (unpaired) electrons. The third-order valence-corrected chi connectivity index (χ3v) is 2.17. The SMILES string of the molecule is Cc1cccc2nc(CO)ccc12. The minimum absolute atomic E-state index is 0.00385. The normalized spacial score (nSPS) is 10.6. The Hall–Kier alpha value is -1.41. The van der Waals surface area contributed by atoms with Gasteiger partial charge in [-0.25, -0.2) is 0 Å². The Bertz CT molecular complexity index is 437. The van der Waals surface area contributed by atoms with Crippen LogP contribution in [0.5, 0.6) is 0 Å². The van der Waals surface area contributed by atoms with Crippen LogP contribution >= 0.6 is 0 Å². The van der Waals surface area contributed by atoms with Crippen LogP contribution in [-0.4, -0.2) is 10.1 Å². The average Bonchev–Trinajstić information content (AvgIpc) is 2.18. The summed E-state index contributed by atoms with van der Waals surface area (Å²) in [6, 6.07) is 9.86. The summed E-state index contributed by atoms with van der Waals surface area (Å²) in [6.45, 7) is 2.06. The quantitative estimate of drug-likeness (QED) is 0.715. The topological polar surface area (TPSA) is 33.1 Å². The van der Waals surface area contributed by atoms with Gasteiger partial charge in [-0.2, -0.15) is 0 Å². The number of hydrogen-bond donors (Lipinski definition) is 1. The van der Waals surface area contributed by atoms with Crippen molar-refractivity contribution in [3.63, 3.8) is 0 Å². The van der Waals surface area contributed by atoms with Crippen LogP contribution in [0.25, 0.3) is 10.9 Å². The molecule has 2 heteroatoms. The second-order valence-electron chi connectivity index (χ2n) is 3.10. The predicted molar refractivity (Wildman–Crippen MR) is 52.4 cm³/mol. The largest absolute Gasteiger partial charge is 0.390 e. The van der Waals surface area contributed by atoms with Gasteiger partial charge < -0.3 is 5.11 Å². The fourth-order valence-electron chi connectivity index (χ4n) is 1.44. The van der Waals surface area contributed by atoms with E-state index in [9.17, 15) is 0 Å². The number of pyridine rings is 1. The lowest BCUT2D eigenvalue weighted by Crippen LogP contribution is -1.89. The lowest BCUT2D eigenvalue weighted by Gasteiger charge is -2.02. The van der Waals surface area contributed by atoms with Crippen molar-refractivity contribution in [2.75, 3.05) is 0 Å². The molecule has 2 nitrogen and oxygen atoms in total. The third kappa shape index (κ3) is 1.40. The Morgan fingerprint density at radius 3 is 2.85 bits per heavy atom. The van der Waals surface area contributed by atoms with E-state index in [1.165, 1.54) is 5.56 Å². The Balaban J connectivity index is 2.72. The fourth-order valence-corrected chi connectivity index (χ4v) is 1.44. The van der Waals surface area contributed by atoms with Gasteiger partial charge in [0.15, 0.2) is 0 Å². The molecule has 0 spiro atoms. The summed E-state index contributed by atoms with van der Waals surface area (Å²) >= 11 is 0. The fraction of sp³-hybridized carbons (Fsp3) is 0.182. The van der Waals surface area contributed by atoms with Crippen LogP contribution in [-0.2, 0) is 6.61 Å². The first kappa shape index (κ1) is 8.20. The highest BCUT2D eigenvalue weighted by molar-refractivity contribution is 5.81. The zero-order valence-corrected chi connectivity index (χ0v) is 7.49. The van der Waals surface area contributed by atoms with E-state index in [0.29, 0.717) is 0 Å². The summed E-state index contributed by atoms with van der Waals surface area (Å²) in [5.74, 6) is 0. The maximum Gasteiger partial charge on any atom is 0.0853 e. The standard InChI is InChI=1S/C11H11NO/c1-8-3-2-4-11-10(8)6-5-9(7-13)12-11/h2-6,13H,7H2,1H3. The number of hydrogen-bond acceptors (Lipinski definition) is 2. The molecule has 1 N–H and O–H groups in total. The van der Waals surface area contributed by atoms with E-state index < -0.39 is 0 Å². The first-order valence-electron chi connectivity index (χ1n) is 4.27. The minimum atomic E-state index is 0.00385. The molecule has 0 aliphatic rings. The zero-order chi connectivity index (χ0) is 9.26. The molecule has 0 fully saturated rings. The van der Waals surface area contributed by atoms with Crippen LogP contribution in [0.4, 0.5) is 0 Å². The average molecular weight is 173 g/mol. The lowest BCUT2D eigenvalue weighted by molar-refractivity contribution is 0.277. The molecule has 2 aromatic rings. The van der Waals surface area contributed by atoms with E-state index in [1.807, 2.05) is 24.3 Å². The van der Waals surface area contributed by atoms with Crippen molar-refractivity contribution in [2.24, 2.45) is 0 Å². The van der Waals surface area contributed by atoms with E-state index >= 15 is 0 Å². The zero-order valence-electron chi connectivity index (χ0n) is 7.49. The number of rotatable bonds is 1. The number of fused-ring (bicyclic) bond motifs is 1. The summed E-state index contributed by atoms with van der Waals surface area (Å²) in [6.07, 6.45) is 0. The van der Waals surface area contributed by atoms with Gasteiger partial charge in [-0.15, -0.1) is 0 Å². The highest BCUT2D eigenvalue weighted by atomic mass is 16.3. The molecule has 0 saturated heterocycles. The summed E-state index contributed by atoms with van der Waals surface area (Å²) in [5.41, 5.74) is 2.89. The molecule has 0 atom stereocenters. The van der Waals surface area contributed by atoms with Gasteiger partial charge in [0.05, 0.1) is 17.8 Å². The van der Waals surface area contributed by atoms with Gasteiger partial charge in [-0.05, 0) is 24.6 Å². The Morgan fingerprint density at radius 2 is 2.08 bits per heavy atom. The van der Waals surface area contributed by atoms with Crippen molar-refractivity contribution in [3.05, 3.63) is 41.6 Å². The van der Waals surface area contributed by atoms with Gasteiger partial charge in [0, 0.05) is 5.39 Å². The van der Waals surface area contributed by atoms with Gasteiger partial charge in [-0.1, -0.05) is 18.2 Å². The predicted octanol–water partition coefficient (Wildman–Crippen LogP) is 2.04. The van der Waals surface area contributed by atoms with Crippen molar-refractivity contribution in [3.8, 4) is 0 Å². The number of aryl methyl sites for hydroxylation is 1. The van der Waals surface area contributed by atoms with Crippen LogP contribution in [0.15, 0.2) is 30.3 Å². The number of aliphatic hydroxyl groups is 1. The molecular formula is C11H11NO. The van der Waals surface area contributed by atoms with Crippen molar-refractivity contribution >= 4 is 10.9 Å². The molecule has 0 aliphatic heterocycles. The second-order valence-corrected chi connectivity index (χ2v) is 3.10. The van der Waals surface area contributed by atoms with Crippen LogP contribution < -0.4 is 0 Å². The highest BCUT2D eigenvalue weighted by Crippen LogP contribution is 2.16. The molecule has 0 bridgehead atoms. The smallest absolute Gasteiger partial charge is 0.0853 e. The van der Waals surface area contributed by atoms with Crippen LogP contribution in [0.3, 0.4) is 0 Å². The first-order chi connectivity index (χ1) is 6.31. The van der Waals surface area contributed by atoms with E-state index in [-0.39, 0.29) is 6.61 Å². The molecule has 0 unspecified atom stereocenters. The van der Waals surface area contributed by atoms with Gasteiger partial charge in [0.1, 0.15) is 0 Å². The summed E-state index contributed by atoms with van der Waals surface area (Å²) in [7, 11) is 0. The lowest BCUT2D eigenvalue weighted by atomic mass is 10.1. The molecule has 66 valence electrons. The highest BCUT2D eigenvalue weighted by Gasteiger charge is 1.98. The molecule has 0 amide bonds. The molecular weight excluding hydrogens is 162 g/mol. The Kier molecular flexibility index (Phi) is 1.99. The maximum atomic E-state index is 8.90. The number of benzene rings is 1. The molecule has 13 heavy (non-hydrogen) atoms. The van der Waals surface area contributed by atoms with Crippen molar-refractivity contribution in [1.82, 2.24) is 4.98 Å². The van der Waals surface area contributed by atoms with Gasteiger partial charge in [0.25, 0.3) is 0 Å². The summed E-state index contributed by atoms with van der Waals surface area (Å²) in [5, 5.41) is 10.1. The minimum Gasteiger partial charge on any atom is -0.390 e. The van der Waals surface area contributed by atoms with Gasteiger partial charge in [0.2, 0.25) is 0 Å². The maximum absolute atomic E-state index is 8.90. The monoisotopic (exact) mass is 173 g/mol. The molecule has 0 aliphatic carbocycles. The van der Waals surface area contributed by atoms with Crippen molar-refractivity contribution in [1.29, 1.82) is 0 Å². The first-order valence-corrected chi connectivity index (χ1v) is 4.27. The van der Waals surface area contributed by atoms with Crippen molar-refractivity contribution in [2.45, 2.75) is 13.5 Å². The van der Waals surface area contributed by atoms with E-state index in [4.69, 9.17) is 5.11 Å². The number of aliphatic hydroxyl groups excluding tert-OH is 1. The van der Waals surface area contributed by atoms with Crippen LogP contribution in [0.1, 0.15) is 11.3 Å². The van der Waals surface area contributed by atoms with Crippen molar-refractivity contribution < 1.29 is 5.11 Å². The van der Waals surface area contributed by atoms with E-state index in [1.54, 1.807) is 0 Å². The van der Waals surface area contributed by atoms with Crippen LogP contribution in [0.2, 0.25) is 0 Å². The second kappa shape index (κ2) is 3.15. The van der Waals surface area contributed by atoms with Gasteiger partial charge in [-0.3, -0.25) is 4.98 Å².